The molecule has 1 N–H and O–H groups in total. The van der Waals surface area contributed by atoms with Gasteiger partial charge in [0.05, 0.1) is 0 Å². The van der Waals surface area contributed by atoms with Crippen molar-refractivity contribution in [2.45, 2.75) is 31.8 Å². The highest BCUT2D eigenvalue weighted by Gasteiger charge is 2.33. The molecule has 1 aliphatic rings. The third kappa shape index (κ3) is 3.88. The predicted octanol–water partition coefficient (Wildman–Crippen LogP) is 5.90. The molecule has 3 heteroatoms. The number of halogens is 2. The highest BCUT2D eigenvalue weighted by Crippen LogP contribution is 2.42. The van der Waals surface area contributed by atoms with E-state index in [1.165, 1.54) is 24.0 Å². The van der Waals surface area contributed by atoms with Gasteiger partial charge in [-0.3, -0.25) is 0 Å². The average molecular weight is 365 g/mol. The van der Waals surface area contributed by atoms with Crippen molar-refractivity contribution in [2.24, 2.45) is 5.92 Å². The molecule has 2 aromatic rings. The smallest absolute Gasteiger partial charge is 0.0406 e. The first-order valence-corrected chi connectivity index (χ1v) is 8.57. The van der Waals surface area contributed by atoms with Crippen LogP contribution in [0.25, 0.3) is 0 Å². The van der Waals surface area contributed by atoms with Crippen molar-refractivity contribution in [3.8, 4) is 0 Å². The molecule has 1 nitrogen and oxygen atoms in total. The molecule has 110 valence electrons. The fourth-order valence-electron chi connectivity index (χ4n) is 2.75. The monoisotopic (exact) mass is 363 g/mol. The third-order valence-corrected chi connectivity index (χ3v) is 4.85. The second-order valence-corrected chi connectivity index (χ2v) is 7.16. The lowest BCUT2D eigenvalue weighted by molar-refractivity contribution is 0.427. The second-order valence-electron chi connectivity index (χ2n) is 5.81. The van der Waals surface area contributed by atoms with Crippen molar-refractivity contribution in [3.63, 3.8) is 0 Å². The SMILES string of the molecule is CC(NC(c1ccc(Cl)cc1)C1CC1)c1cccc(Br)c1. The van der Waals surface area contributed by atoms with Gasteiger partial charge in [0.15, 0.2) is 0 Å². The second kappa shape index (κ2) is 6.51. The first kappa shape index (κ1) is 15.1. The van der Waals surface area contributed by atoms with Gasteiger partial charge in [-0.1, -0.05) is 51.8 Å². The average Bonchev–Trinajstić information content (AvgIpc) is 3.30. The lowest BCUT2D eigenvalue weighted by Crippen LogP contribution is -2.26. The van der Waals surface area contributed by atoms with Crippen LogP contribution in [0.4, 0.5) is 0 Å². The molecule has 0 saturated heterocycles. The van der Waals surface area contributed by atoms with Crippen LogP contribution >= 0.6 is 27.5 Å². The summed E-state index contributed by atoms with van der Waals surface area (Å²) in [5.41, 5.74) is 2.65. The van der Waals surface area contributed by atoms with Gasteiger partial charge >= 0.3 is 0 Å². The summed E-state index contributed by atoms with van der Waals surface area (Å²) in [6, 6.07) is 17.5. The van der Waals surface area contributed by atoms with E-state index in [0.717, 1.165) is 15.4 Å². The number of nitrogens with one attached hydrogen (secondary N) is 1. The Hall–Kier alpha value is -0.830. The molecule has 2 atom stereocenters. The number of rotatable bonds is 5. The van der Waals surface area contributed by atoms with Crippen LogP contribution in [-0.4, -0.2) is 0 Å². The van der Waals surface area contributed by atoms with Crippen LogP contribution in [0, 0.1) is 5.92 Å². The molecule has 0 aliphatic heterocycles. The Morgan fingerprint density at radius 3 is 2.43 bits per heavy atom. The number of hydrogen-bond donors (Lipinski definition) is 1. The zero-order valence-electron chi connectivity index (χ0n) is 12.0. The highest BCUT2D eigenvalue weighted by atomic mass is 79.9. The van der Waals surface area contributed by atoms with E-state index in [-0.39, 0.29) is 0 Å². The van der Waals surface area contributed by atoms with Crippen LogP contribution in [0.1, 0.15) is 43.0 Å². The van der Waals surface area contributed by atoms with Crippen LogP contribution in [0.2, 0.25) is 5.02 Å². The molecule has 0 spiro atoms. The Bertz CT molecular complexity index is 607. The normalized spacial score (nSPS) is 17.5. The van der Waals surface area contributed by atoms with Crippen molar-refractivity contribution in [2.75, 3.05) is 0 Å². The Kier molecular flexibility index (Phi) is 4.68. The highest BCUT2D eigenvalue weighted by molar-refractivity contribution is 9.10. The number of benzene rings is 2. The van der Waals surface area contributed by atoms with Gasteiger partial charge in [0.2, 0.25) is 0 Å². The van der Waals surface area contributed by atoms with Crippen molar-refractivity contribution >= 4 is 27.5 Å². The minimum absolute atomic E-state index is 0.323. The zero-order chi connectivity index (χ0) is 14.8. The van der Waals surface area contributed by atoms with E-state index in [1.54, 1.807) is 0 Å². The molecule has 0 bridgehead atoms. The maximum atomic E-state index is 6.00. The summed E-state index contributed by atoms with van der Waals surface area (Å²) in [6.45, 7) is 2.23. The van der Waals surface area contributed by atoms with E-state index in [2.05, 4.69) is 64.6 Å². The molecular formula is C18H19BrClN. The first-order chi connectivity index (χ1) is 10.1. The molecule has 0 aromatic heterocycles. The largest absolute Gasteiger partial charge is 0.303 e. The molecule has 0 heterocycles. The summed E-state index contributed by atoms with van der Waals surface area (Å²) in [4.78, 5) is 0. The van der Waals surface area contributed by atoms with Crippen LogP contribution in [0.5, 0.6) is 0 Å². The molecule has 0 amide bonds. The van der Waals surface area contributed by atoms with E-state index in [0.29, 0.717) is 12.1 Å². The van der Waals surface area contributed by atoms with Crippen LogP contribution < -0.4 is 5.32 Å². The fourth-order valence-corrected chi connectivity index (χ4v) is 3.29. The number of hydrogen-bond acceptors (Lipinski definition) is 1. The maximum absolute atomic E-state index is 6.00. The molecule has 1 aliphatic carbocycles. The Morgan fingerprint density at radius 1 is 1.10 bits per heavy atom. The van der Waals surface area contributed by atoms with Gasteiger partial charge in [0, 0.05) is 21.6 Å². The van der Waals surface area contributed by atoms with E-state index >= 15 is 0 Å². The fraction of sp³-hybridized carbons (Fsp3) is 0.333. The lowest BCUT2D eigenvalue weighted by atomic mass is 9.99. The van der Waals surface area contributed by atoms with E-state index in [1.807, 2.05) is 12.1 Å². The Balaban J connectivity index is 1.77. The van der Waals surface area contributed by atoms with Crippen molar-refractivity contribution in [1.29, 1.82) is 0 Å². The maximum Gasteiger partial charge on any atom is 0.0406 e. The van der Waals surface area contributed by atoms with Gasteiger partial charge in [0.1, 0.15) is 0 Å². The summed E-state index contributed by atoms with van der Waals surface area (Å²) < 4.78 is 1.13. The summed E-state index contributed by atoms with van der Waals surface area (Å²) in [5, 5.41) is 4.59. The Labute approximate surface area is 139 Å². The van der Waals surface area contributed by atoms with Gasteiger partial charge in [-0.05, 0) is 61.1 Å². The van der Waals surface area contributed by atoms with E-state index in [4.69, 9.17) is 11.6 Å². The van der Waals surface area contributed by atoms with Crippen LogP contribution in [0.15, 0.2) is 53.0 Å². The van der Waals surface area contributed by atoms with Crippen LogP contribution in [-0.2, 0) is 0 Å². The predicted molar refractivity (Wildman–Crippen MR) is 92.6 cm³/mol. The molecule has 3 rings (SSSR count). The van der Waals surface area contributed by atoms with E-state index in [9.17, 15) is 0 Å². The van der Waals surface area contributed by atoms with Crippen molar-refractivity contribution in [3.05, 3.63) is 69.2 Å². The molecule has 0 radical (unpaired) electrons. The first-order valence-electron chi connectivity index (χ1n) is 7.40. The molecule has 2 aromatic carbocycles. The van der Waals surface area contributed by atoms with Gasteiger partial charge in [-0.25, -0.2) is 0 Å². The molecule has 21 heavy (non-hydrogen) atoms. The lowest BCUT2D eigenvalue weighted by Gasteiger charge is -2.24. The quantitative estimate of drug-likeness (QED) is 0.696. The topological polar surface area (TPSA) is 12.0 Å². The van der Waals surface area contributed by atoms with Gasteiger partial charge in [-0.15, -0.1) is 0 Å². The molecule has 1 fully saturated rings. The Morgan fingerprint density at radius 2 is 1.81 bits per heavy atom. The summed E-state index contributed by atoms with van der Waals surface area (Å²) >= 11 is 9.55. The van der Waals surface area contributed by atoms with Crippen molar-refractivity contribution in [1.82, 2.24) is 5.32 Å². The summed E-state index contributed by atoms with van der Waals surface area (Å²) in [7, 11) is 0. The minimum Gasteiger partial charge on any atom is -0.303 e. The molecule has 1 saturated carbocycles. The van der Waals surface area contributed by atoms with E-state index < -0.39 is 0 Å². The van der Waals surface area contributed by atoms with Gasteiger partial charge < -0.3 is 5.32 Å². The molecule has 2 unspecified atom stereocenters. The van der Waals surface area contributed by atoms with Gasteiger partial charge in [0.25, 0.3) is 0 Å². The van der Waals surface area contributed by atoms with Gasteiger partial charge in [-0.2, -0.15) is 0 Å². The zero-order valence-corrected chi connectivity index (χ0v) is 14.4. The third-order valence-electron chi connectivity index (χ3n) is 4.10. The summed E-state index contributed by atoms with van der Waals surface area (Å²) in [5.74, 6) is 0.751. The summed E-state index contributed by atoms with van der Waals surface area (Å²) in [6.07, 6.45) is 2.62. The minimum atomic E-state index is 0.323. The van der Waals surface area contributed by atoms with Crippen molar-refractivity contribution < 1.29 is 0 Å². The standard InChI is InChI=1S/C18H19BrClN/c1-12(15-3-2-4-16(19)11-15)21-18(13-5-6-13)14-7-9-17(20)10-8-14/h2-4,7-13,18,21H,5-6H2,1H3. The van der Waals surface area contributed by atoms with Crippen LogP contribution in [0.3, 0.4) is 0 Å². The molecular weight excluding hydrogens is 346 g/mol.